The minimum Gasteiger partial charge on any atom is -0.462 e. The van der Waals surface area contributed by atoms with Gasteiger partial charge in [0.25, 0.3) is 0 Å². The first-order valence-electron chi connectivity index (χ1n) is 20.1. The lowest BCUT2D eigenvalue weighted by molar-refractivity contribution is -0.271. The molecule has 0 aromatic heterocycles. The van der Waals surface area contributed by atoms with Crippen molar-refractivity contribution in [2.75, 3.05) is 19.8 Å². The maximum Gasteiger partial charge on any atom is 0.338 e. The molecule has 9 heteroatoms. The fraction of sp³-hybridized carbons (Fsp3) is 0.417. The number of fused-ring (bicyclic) bond motifs is 2. The van der Waals surface area contributed by atoms with Gasteiger partial charge in [0.15, 0.2) is 0 Å². The minimum absolute atomic E-state index is 0.0118. The van der Waals surface area contributed by atoms with Gasteiger partial charge in [-0.1, -0.05) is 93.6 Å². The van der Waals surface area contributed by atoms with Crippen LogP contribution in [0, 0.1) is 22.7 Å². The molecule has 7 unspecified atom stereocenters. The Kier molecular flexibility index (Phi) is 11.7. The summed E-state index contributed by atoms with van der Waals surface area (Å²) in [6.07, 6.45) is 3.92. The third kappa shape index (κ3) is 7.99. The number of hydrogen-bond donors (Lipinski definition) is 0. The smallest absolute Gasteiger partial charge is 0.338 e. The second-order valence-corrected chi connectivity index (χ2v) is 16.6. The maximum atomic E-state index is 13.6. The molecule has 3 fully saturated rings. The van der Waals surface area contributed by atoms with E-state index in [1.165, 1.54) is 0 Å². The molecule has 2 aliphatic carbocycles. The van der Waals surface area contributed by atoms with Crippen LogP contribution < -0.4 is 0 Å². The van der Waals surface area contributed by atoms with Crippen LogP contribution in [0.15, 0.2) is 121 Å². The van der Waals surface area contributed by atoms with Gasteiger partial charge in [-0.2, -0.15) is 0 Å². The van der Waals surface area contributed by atoms with Crippen molar-refractivity contribution in [3.8, 4) is 0 Å². The van der Waals surface area contributed by atoms with Gasteiger partial charge in [-0.05, 0) is 98.9 Å². The summed E-state index contributed by atoms with van der Waals surface area (Å²) in [6, 6.07) is 35.6. The van der Waals surface area contributed by atoms with E-state index in [4.69, 9.17) is 23.7 Å². The van der Waals surface area contributed by atoms with Crippen LogP contribution >= 0.6 is 0 Å². The largest absolute Gasteiger partial charge is 0.462 e. The molecule has 0 amide bonds. The fourth-order valence-corrected chi connectivity index (χ4v) is 10.1. The Morgan fingerprint density at radius 2 is 1.05 bits per heavy atom. The van der Waals surface area contributed by atoms with E-state index >= 15 is 0 Å². The van der Waals surface area contributed by atoms with E-state index in [9.17, 15) is 19.2 Å². The number of esters is 4. The Balaban J connectivity index is 1.18. The molecule has 7 atom stereocenters. The monoisotopic (exact) mass is 772 g/mol. The average molecular weight is 773 g/mol. The van der Waals surface area contributed by atoms with Crippen molar-refractivity contribution in [2.24, 2.45) is 22.7 Å². The Labute approximate surface area is 335 Å². The fourth-order valence-electron chi connectivity index (χ4n) is 10.1. The van der Waals surface area contributed by atoms with Gasteiger partial charge >= 0.3 is 23.9 Å². The molecule has 298 valence electrons. The number of hydrogen-bond acceptors (Lipinski definition) is 9. The number of carbonyl (C=O) groups excluding carboxylic acids is 4. The van der Waals surface area contributed by atoms with Crippen molar-refractivity contribution in [1.82, 2.24) is 0 Å². The summed E-state index contributed by atoms with van der Waals surface area (Å²) >= 11 is 0. The van der Waals surface area contributed by atoms with E-state index in [0.29, 0.717) is 54.4 Å². The summed E-state index contributed by atoms with van der Waals surface area (Å²) in [6.45, 7) is 6.72. The Hall–Kier alpha value is -5.28. The minimum atomic E-state index is -0.937. The van der Waals surface area contributed by atoms with Crippen LogP contribution in [-0.4, -0.2) is 61.0 Å². The van der Waals surface area contributed by atoms with Crippen LogP contribution in [0.5, 0.6) is 0 Å². The van der Waals surface area contributed by atoms with Gasteiger partial charge in [0, 0.05) is 17.3 Å². The van der Waals surface area contributed by atoms with Gasteiger partial charge in [-0.3, -0.25) is 0 Å². The van der Waals surface area contributed by atoms with Gasteiger partial charge in [-0.25, -0.2) is 19.2 Å². The zero-order valence-electron chi connectivity index (χ0n) is 33.0. The van der Waals surface area contributed by atoms with Crippen LogP contribution in [0.25, 0.3) is 0 Å². The lowest BCUT2D eigenvalue weighted by atomic mass is 9.43. The van der Waals surface area contributed by atoms with Gasteiger partial charge in [0.1, 0.15) is 24.9 Å². The molecule has 0 N–H and O–H groups in total. The van der Waals surface area contributed by atoms with E-state index in [1.54, 1.807) is 84.9 Å². The summed E-state index contributed by atoms with van der Waals surface area (Å²) in [5, 5.41) is 0. The molecule has 7 rings (SSSR count). The van der Waals surface area contributed by atoms with E-state index in [0.717, 1.165) is 12.8 Å². The van der Waals surface area contributed by atoms with Gasteiger partial charge in [-0.15, -0.1) is 0 Å². The zero-order valence-corrected chi connectivity index (χ0v) is 33.0. The molecule has 1 spiro atoms. The molecule has 0 radical (unpaired) electrons. The van der Waals surface area contributed by atoms with E-state index in [1.807, 2.05) is 36.4 Å². The molecule has 0 bridgehead atoms. The van der Waals surface area contributed by atoms with Gasteiger partial charge in [0.2, 0.25) is 0 Å². The number of benzene rings is 4. The first-order valence-corrected chi connectivity index (χ1v) is 20.1. The molecular weight excluding hydrogens is 721 g/mol. The molecule has 3 aliphatic rings. The topological polar surface area (TPSA) is 114 Å². The third-order valence-corrected chi connectivity index (χ3v) is 13.3. The lowest BCUT2D eigenvalue weighted by Crippen LogP contribution is -2.67. The highest BCUT2D eigenvalue weighted by molar-refractivity contribution is 5.91. The summed E-state index contributed by atoms with van der Waals surface area (Å²) in [5.41, 5.74) is -1.02. The predicted octanol–water partition coefficient (Wildman–Crippen LogP) is 9.31. The number of carbonyl (C=O) groups is 4. The third-order valence-electron chi connectivity index (χ3n) is 13.3. The Morgan fingerprint density at radius 3 is 1.58 bits per heavy atom. The van der Waals surface area contributed by atoms with Crippen molar-refractivity contribution >= 4 is 23.9 Å². The first kappa shape index (κ1) is 39.9. The molecule has 57 heavy (non-hydrogen) atoms. The summed E-state index contributed by atoms with van der Waals surface area (Å²) in [4.78, 5) is 53.4. The molecule has 1 heterocycles. The van der Waals surface area contributed by atoms with Gasteiger partial charge in [0.05, 0.1) is 34.5 Å². The number of rotatable bonds is 12. The van der Waals surface area contributed by atoms with Crippen LogP contribution in [0.1, 0.15) is 107 Å². The SMILES string of the molecule is CC1CCC2C(C)(COC(=O)c3ccccc3)C(OC(=O)c3ccccc3)CCC2(C)C12CCC(CCOC(=O)c1ccccc1)(COC(=O)c1ccccc1)O2. The lowest BCUT2D eigenvalue weighted by Gasteiger charge is -2.65. The molecular formula is C48H52O9. The summed E-state index contributed by atoms with van der Waals surface area (Å²) in [7, 11) is 0. The Morgan fingerprint density at radius 1 is 0.579 bits per heavy atom. The van der Waals surface area contributed by atoms with Crippen LogP contribution in [-0.2, 0) is 23.7 Å². The van der Waals surface area contributed by atoms with E-state index in [-0.39, 0.29) is 31.7 Å². The summed E-state index contributed by atoms with van der Waals surface area (Å²) < 4.78 is 31.9. The molecule has 4 aromatic rings. The quantitative estimate of drug-likeness (QED) is 0.103. The standard InChI is InChI=1S/C48H52O9/c1-34-24-25-39-45(2,32-54-42(50)36-18-10-5-11-19-36)40(56-44(52)38-22-14-7-15-23-38)26-27-46(39,3)48(34)29-28-47(57-48,33-55-43(51)37-20-12-6-13-21-37)30-31-53-41(49)35-16-8-4-9-17-35/h4-23,34,39-40H,24-33H2,1-3H3. The van der Waals surface area contributed by atoms with Crippen molar-refractivity contribution in [2.45, 2.75) is 83.0 Å². The predicted molar refractivity (Wildman–Crippen MR) is 214 cm³/mol. The van der Waals surface area contributed by atoms with Crippen molar-refractivity contribution in [3.63, 3.8) is 0 Å². The molecule has 4 aromatic carbocycles. The molecule has 2 saturated carbocycles. The van der Waals surface area contributed by atoms with Crippen LogP contribution in [0.4, 0.5) is 0 Å². The van der Waals surface area contributed by atoms with Crippen molar-refractivity contribution < 1.29 is 42.9 Å². The summed E-state index contributed by atoms with van der Waals surface area (Å²) in [5.74, 6) is -1.68. The van der Waals surface area contributed by atoms with Crippen LogP contribution in [0.3, 0.4) is 0 Å². The maximum absolute atomic E-state index is 13.6. The normalized spacial score (nSPS) is 29.1. The van der Waals surface area contributed by atoms with Crippen LogP contribution in [0.2, 0.25) is 0 Å². The second kappa shape index (κ2) is 16.7. The highest BCUT2D eigenvalue weighted by Gasteiger charge is 2.70. The van der Waals surface area contributed by atoms with E-state index in [2.05, 4.69) is 20.8 Å². The van der Waals surface area contributed by atoms with E-state index < -0.39 is 52.0 Å². The highest BCUT2D eigenvalue weighted by atomic mass is 16.6. The average Bonchev–Trinajstić information content (AvgIpc) is 3.64. The zero-order chi connectivity index (χ0) is 40.1. The van der Waals surface area contributed by atoms with Crippen molar-refractivity contribution in [1.29, 1.82) is 0 Å². The van der Waals surface area contributed by atoms with Crippen molar-refractivity contribution in [3.05, 3.63) is 144 Å². The highest BCUT2D eigenvalue weighted by Crippen LogP contribution is 2.68. The van der Waals surface area contributed by atoms with Gasteiger partial charge < -0.3 is 23.7 Å². The second-order valence-electron chi connectivity index (χ2n) is 16.6. The first-order chi connectivity index (χ1) is 27.5. The Bertz CT molecular complexity index is 2020. The molecule has 1 aliphatic heterocycles. The molecule has 9 nitrogen and oxygen atoms in total. The molecule has 1 saturated heterocycles. The number of ether oxygens (including phenoxy) is 5.